The second-order valence-corrected chi connectivity index (χ2v) is 9.82. The number of para-hydroxylation sites is 1. The minimum absolute atomic E-state index is 0.115. The van der Waals surface area contributed by atoms with E-state index in [9.17, 15) is 24.5 Å². The summed E-state index contributed by atoms with van der Waals surface area (Å²) < 4.78 is 0. The molecule has 0 N–H and O–H groups in total. The van der Waals surface area contributed by atoms with Crippen LogP contribution in [0, 0.1) is 22.0 Å². The molecule has 0 bridgehead atoms. The summed E-state index contributed by atoms with van der Waals surface area (Å²) in [5, 5.41) is 11.4. The lowest BCUT2D eigenvalue weighted by molar-refractivity contribution is -0.384. The number of rotatable bonds is 4. The monoisotopic (exact) mass is 471 g/mol. The van der Waals surface area contributed by atoms with Crippen molar-refractivity contribution in [2.75, 3.05) is 4.90 Å². The summed E-state index contributed by atoms with van der Waals surface area (Å²) in [6.07, 6.45) is 8.54. The lowest BCUT2D eigenvalue weighted by atomic mass is 9.86. The van der Waals surface area contributed by atoms with Crippen molar-refractivity contribution in [1.82, 2.24) is 4.90 Å². The number of carbonyl (C=O) groups is 3. The van der Waals surface area contributed by atoms with E-state index < -0.39 is 28.8 Å². The van der Waals surface area contributed by atoms with E-state index in [1.807, 2.05) is 41.3 Å². The highest BCUT2D eigenvalue weighted by atomic mass is 16.6. The van der Waals surface area contributed by atoms with Crippen LogP contribution >= 0.6 is 0 Å². The van der Waals surface area contributed by atoms with Crippen LogP contribution in [0.15, 0.2) is 54.6 Å². The molecule has 8 nitrogen and oxygen atoms in total. The van der Waals surface area contributed by atoms with Gasteiger partial charge in [-0.1, -0.05) is 61.7 Å². The van der Waals surface area contributed by atoms with E-state index in [-0.39, 0.29) is 34.9 Å². The number of non-ortho nitro benzene ring substituents is 1. The molecule has 3 aliphatic heterocycles. The molecule has 2 aromatic carbocycles. The summed E-state index contributed by atoms with van der Waals surface area (Å²) >= 11 is 0. The van der Waals surface area contributed by atoms with Crippen LogP contribution in [0.5, 0.6) is 0 Å². The molecule has 2 aromatic rings. The molecular formula is C27H25N3O5. The van der Waals surface area contributed by atoms with Crippen molar-refractivity contribution >= 4 is 35.0 Å². The number of ketones is 1. The topological polar surface area (TPSA) is 101 Å². The molecular weight excluding hydrogens is 446 g/mol. The average Bonchev–Trinajstić information content (AvgIpc) is 3.36. The Hall–Kier alpha value is -3.81. The van der Waals surface area contributed by atoms with E-state index in [0.29, 0.717) is 0 Å². The Morgan fingerprint density at radius 3 is 2.46 bits per heavy atom. The Morgan fingerprint density at radius 1 is 0.943 bits per heavy atom. The first kappa shape index (κ1) is 21.7. The van der Waals surface area contributed by atoms with Crippen molar-refractivity contribution < 1.29 is 19.3 Å². The zero-order chi connectivity index (χ0) is 24.3. The first-order valence-corrected chi connectivity index (χ1v) is 12.2. The van der Waals surface area contributed by atoms with Gasteiger partial charge in [-0.15, -0.1) is 0 Å². The average molecular weight is 472 g/mol. The van der Waals surface area contributed by atoms with Crippen molar-refractivity contribution in [1.29, 1.82) is 0 Å². The van der Waals surface area contributed by atoms with Gasteiger partial charge in [-0.05, 0) is 24.5 Å². The molecule has 178 valence electrons. The molecule has 0 spiro atoms. The van der Waals surface area contributed by atoms with Gasteiger partial charge < -0.3 is 4.90 Å². The van der Waals surface area contributed by atoms with Crippen LogP contribution in [0.1, 0.15) is 48.0 Å². The van der Waals surface area contributed by atoms with Gasteiger partial charge in [0.25, 0.3) is 5.69 Å². The van der Waals surface area contributed by atoms with Crippen molar-refractivity contribution in [2.45, 2.75) is 50.2 Å². The van der Waals surface area contributed by atoms with E-state index in [4.69, 9.17) is 0 Å². The van der Waals surface area contributed by atoms with Gasteiger partial charge in [0.2, 0.25) is 11.8 Å². The normalized spacial score (nSPS) is 27.5. The quantitative estimate of drug-likeness (QED) is 0.289. The van der Waals surface area contributed by atoms with Gasteiger partial charge in [0, 0.05) is 29.4 Å². The molecule has 4 aliphatic rings. The highest BCUT2D eigenvalue weighted by Gasteiger charge is 2.64. The number of hydrogen-bond donors (Lipinski definition) is 0. The molecule has 1 aliphatic carbocycles. The molecule has 8 heteroatoms. The number of nitrogens with zero attached hydrogens (tertiary/aromatic N) is 3. The maximum atomic E-state index is 14.0. The van der Waals surface area contributed by atoms with Gasteiger partial charge >= 0.3 is 0 Å². The SMILES string of the molecule is O=C(c1cccc([N+](=O)[O-])c1)[C@@H]1[C@@H]2C(=O)N(C3CCCCC3)C(=O)[C@@H]2[C@H]2C=Cc3ccccc3N21. The number of likely N-dealkylation sites (tertiary alicyclic amines) is 1. The Labute approximate surface area is 202 Å². The first-order valence-electron chi connectivity index (χ1n) is 12.2. The molecule has 4 atom stereocenters. The number of nitro groups is 1. The number of hydrogen-bond acceptors (Lipinski definition) is 6. The van der Waals surface area contributed by atoms with E-state index in [1.165, 1.54) is 23.1 Å². The van der Waals surface area contributed by atoms with Crippen LogP contribution in [-0.2, 0) is 9.59 Å². The number of fused-ring (bicyclic) bond motifs is 5. The Bertz CT molecular complexity index is 1280. The zero-order valence-corrected chi connectivity index (χ0v) is 19.1. The van der Waals surface area contributed by atoms with Gasteiger partial charge in [0.05, 0.1) is 22.8 Å². The standard InChI is InChI=1S/C27H25N3O5/c31-25(17-8-6-11-19(15-17)30(34)35)24-23-22(21-14-13-16-7-4-5-12-20(16)29(21)24)26(32)28(27(23)33)18-9-2-1-3-10-18/h4-8,11-15,18,21-24H,1-3,9-10H2/t21-,22-,23-,24+/m1/s1. The van der Waals surface area contributed by atoms with E-state index >= 15 is 0 Å². The van der Waals surface area contributed by atoms with Crippen molar-refractivity contribution in [3.05, 3.63) is 75.8 Å². The van der Waals surface area contributed by atoms with Crippen molar-refractivity contribution in [3.8, 4) is 0 Å². The van der Waals surface area contributed by atoms with E-state index in [2.05, 4.69) is 0 Å². The lowest BCUT2D eigenvalue weighted by Gasteiger charge is -2.38. The minimum atomic E-state index is -0.914. The summed E-state index contributed by atoms with van der Waals surface area (Å²) in [7, 11) is 0. The fourth-order valence-electron chi connectivity index (χ4n) is 6.48. The number of imide groups is 1. The summed E-state index contributed by atoms with van der Waals surface area (Å²) in [6, 6.07) is 11.8. The van der Waals surface area contributed by atoms with Crippen LogP contribution < -0.4 is 4.90 Å². The third-order valence-electron chi connectivity index (χ3n) is 8.00. The fourth-order valence-corrected chi connectivity index (χ4v) is 6.48. The highest BCUT2D eigenvalue weighted by molar-refractivity contribution is 6.14. The zero-order valence-electron chi connectivity index (χ0n) is 19.1. The minimum Gasteiger partial charge on any atom is -0.352 e. The molecule has 6 rings (SSSR count). The van der Waals surface area contributed by atoms with Crippen molar-refractivity contribution in [3.63, 3.8) is 0 Å². The van der Waals surface area contributed by atoms with E-state index in [0.717, 1.165) is 43.4 Å². The van der Waals surface area contributed by atoms with Crippen LogP contribution in [0.25, 0.3) is 6.08 Å². The summed E-state index contributed by atoms with van der Waals surface area (Å²) in [6.45, 7) is 0. The number of carbonyl (C=O) groups excluding carboxylic acids is 3. The molecule has 2 amide bonds. The molecule has 0 radical (unpaired) electrons. The van der Waals surface area contributed by atoms with E-state index in [1.54, 1.807) is 6.07 Å². The summed E-state index contributed by atoms with van der Waals surface area (Å²) in [4.78, 5) is 55.8. The largest absolute Gasteiger partial charge is 0.352 e. The maximum Gasteiger partial charge on any atom is 0.270 e. The van der Waals surface area contributed by atoms with Gasteiger partial charge in [-0.2, -0.15) is 0 Å². The van der Waals surface area contributed by atoms with Gasteiger partial charge in [0.1, 0.15) is 6.04 Å². The third kappa shape index (κ3) is 3.23. The van der Waals surface area contributed by atoms with Gasteiger partial charge in [0.15, 0.2) is 5.78 Å². The molecule has 0 unspecified atom stereocenters. The van der Waals surface area contributed by atoms with Crippen LogP contribution in [0.3, 0.4) is 0 Å². The number of anilines is 1. The van der Waals surface area contributed by atoms with Crippen molar-refractivity contribution in [2.24, 2.45) is 11.8 Å². The van der Waals surface area contributed by atoms with Gasteiger partial charge in [-0.3, -0.25) is 29.4 Å². The van der Waals surface area contributed by atoms with Crippen LogP contribution in [0.2, 0.25) is 0 Å². The Kier molecular flexibility index (Phi) is 5.05. The van der Waals surface area contributed by atoms with Crippen LogP contribution in [-0.4, -0.2) is 45.5 Å². The number of amides is 2. The highest BCUT2D eigenvalue weighted by Crippen LogP contribution is 2.50. The molecule has 2 saturated heterocycles. The Balaban J connectivity index is 1.46. The first-order chi connectivity index (χ1) is 17.0. The molecule has 3 heterocycles. The number of Topliss-reactive ketones (excluding diaryl/α,β-unsaturated/α-hetero) is 1. The smallest absolute Gasteiger partial charge is 0.270 e. The third-order valence-corrected chi connectivity index (χ3v) is 8.00. The predicted octanol–water partition coefficient (Wildman–Crippen LogP) is 4.00. The second-order valence-electron chi connectivity index (χ2n) is 9.82. The molecule has 1 saturated carbocycles. The maximum absolute atomic E-state index is 14.0. The molecule has 35 heavy (non-hydrogen) atoms. The summed E-state index contributed by atoms with van der Waals surface area (Å²) in [5.74, 6) is -2.32. The molecule has 3 fully saturated rings. The number of benzene rings is 2. The second kappa shape index (κ2) is 8.15. The Morgan fingerprint density at radius 2 is 1.69 bits per heavy atom. The van der Waals surface area contributed by atoms with Gasteiger partial charge in [-0.25, -0.2) is 0 Å². The predicted molar refractivity (Wildman–Crippen MR) is 129 cm³/mol. The summed E-state index contributed by atoms with van der Waals surface area (Å²) in [5.41, 5.74) is 1.69. The fraction of sp³-hybridized carbons (Fsp3) is 0.370. The molecule has 0 aromatic heterocycles. The lowest BCUT2D eigenvalue weighted by Crippen LogP contribution is -2.51. The van der Waals surface area contributed by atoms with Crippen LogP contribution in [0.4, 0.5) is 11.4 Å². The number of nitro benzene ring substituents is 1.